The van der Waals surface area contributed by atoms with Gasteiger partial charge in [0.25, 0.3) is 0 Å². The lowest BCUT2D eigenvalue weighted by Crippen LogP contribution is -2.07. The van der Waals surface area contributed by atoms with E-state index in [0.29, 0.717) is 6.10 Å². The molecule has 200 valence electrons. The van der Waals surface area contributed by atoms with Crippen molar-refractivity contribution in [2.75, 3.05) is 13.2 Å². The Morgan fingerprint density at radius 1 is 0.611 bits per heavy atom. The molecule has 4 heteroatoms. The highest BCUT2D eigenvalue weighted by Crippen LogP contribution is 2.22. The van der Waals surface area contributed by atoms with E-state index in [2.05, 4.69) is 55.3 Å². The number of benzene rings is 2. The van der Waals surface area contributed by atoms with Crippen LogP contribution >= 0.6 is 0 Å². The van der Waals surface area contributed by atoms with Crippen LogP contribution in [0.25, 0.3) is 0 Å². The standard InChI is InChI=1S/C32H50N2O2/c1-4-6-7-11-14-17-29-18-20-30(21-19-29)33-34-31-22-24-32(25-23-31)36-27-16-13-10-8-9-12-15-26-35-28(3)5-2/h18-25,28H,4-17,26-27H2,1-3H3/b34-33+. The second-order valence-corrected chi connectivity index (χ2v) is 9.94. The predicted molar refractivity (Wildman–Crippen MR) is 153 cm³/mol. The minimum atomic E-state index is 0.406. The number of azo groups is 1. The van der Waals surface area contributed by atoms with E-state index >= 15 is 0 Å². The number of hydrogen-bond acceptors (Lipinski definition) is 4. The summed E-state index contributed by atoms with van der Waals surface area (Å²) < 4.78 is 11.6. The van der Waals surface area contributed by atoms with Crippen molar-refractivity contribution >= 4 is 11.4 Å². The Balaban J connectivity index is 1.53. The van der Waals surface area contributed by atoms with E-state index < -0.39 is 0 Å². The Hall–Kier alpha value is -2.20. The van der Waals surface area contributed by atoms with Crippen molar-refractivity contribution in [3.63, 3.8) is 0 Å². The first-order chi connectivity index (χ1) is 17.7. The average molecular weight is 495 g/mol. The van der Waals surface area contributed by atoms with Crippen LogP contribution in [0.15, 0.2) is 58.8 Å². The van der Waals surface area contributed by atoms with Crippen molar-refractivity contribution < 1.29 is 9.47 Å². The quantitative estimate of drug-likeness (QED) is 0.128. The Morgan fingerprint density at radius 3 is 1.75 bits per heavy atom. The van der Waals surface area contributed by atoms with Crippen LogP contribution in [0.2, 0.25) is 0 Å². The molecule has 0 fully saturated rings. The van der Waals surface area contributed by atoms with Crippen LogP contribution in [0.4, 0.5) is 11.4 Å². The van der Waals surface area contributed by atoms with Gasteiger partial charge in [-0.3, -0.25) is 0 Å². The Bertz CT molecular complexity index is 802. The van der Waals surface area contributed by atoms with Crippen molar-refractivity contribution in [3.05, 3.63) is 54.1 Å². The van der Waals surface area contributed by atoms with Crippen LogP contribution in [-0.2, 0) is 11.2 Å². The topological polar surface area (TPSA) is 43.2 Å². The highest BCUT2D eigenvalue weighted by atomic mass is 16.5. The van der Waals surface area contributed by atoms with E-state index in [1.165, 1.54) is 76.2 Å². The van der Waals surface area contributed by atoms with Crippen molar-refractivity contribution in [3.8, 4) is 5.75 Å². The molecule has 2 rings (SSSR count). The van der Waals surface area contributed by atoms with Crippen LogP contribution in [0.5, 0.6) is 5.75 Å². The van der Waals surface area contributed by atoms with Gasteiger partial charge in [-0.15, -0.1) is 0 Å². The highest BCUT2D eigenvalue weighted by Gasteiger charge is 1.99. The summed E-state index contributed by atoms with van der Waals surface area (Å²) in [5, 5.41) is 8.76. The van der Waals surface area contributed by atoms with Crippen LogP contribution < -0.4 is 4.74 Å². The molecular formula is C32H50N2O2. The van der Waals surface area contributed by atoms with E-state index in [1.807, 2.05) is 24.3 Å². The van der Waals surface area contributed by atoms with Crippen LogP contribution in [0.3, 0.4) is 0 Å². The van der Waals surface area contributed by atoms with Gasteiger partial charge in [0.2, 0.25) is 0 Å². The summed E-state index contributed by atoms with van der Waals surface area (Å²) in [4.78, 5) is 0. The molecule has 1 atom stereocenters. The average Bonchev–Trinajstić information content (AvgIpc) is 2.91. The molecule has 0 saturated carbocycles. The fraction of sp³-hybridized carbons (Fsp3) is 0.625. The molecular weight excluding hydrogens is 444 g/mol. The third kappa shape index (κ3) is 14.4. The fourth-order valence-corrected chi connectivity index (χ4v) is 4.07. The molecule has 0 radical (unpaired) electrons. The fourth-order valence-electron chi connectivity index (χ4n) is 4.07. The van der Waals surface area contributed by atoms with Gasteiger partial charge in [0.15, 0.2) is 0 Å². The van der Waals surface area contributed by atoms with Crippen molar-refractivity contribution in [1.82, 2.24) is 0 Å². The molecule has 36 heavy (non-hydrogen) atoms. The van der Waals surface area contributed by atoms with Gasteiger partial charge in [-0.2, -0.15) is 10.2 Å². The molecule has 0 aliphatic heterocycles. The minimum absolute atomic E-state index is 0.406. The monoisotopic (exact) mass is 494 g/mol. The predicted octanol–water partition coefficient (Wildman–Crippen LogP) is 10.5. The Kier molecular flexibility index (Phi) is 16.6. The first-order valence-electron chi connectivity index (χ1n) is 14.6. The van der Waals surface area contributed by atoms with E-state index in [1.54, 1.807) is 0 Å². The number of unbranched alkanes of at least 4 members (excludes halogenated alkanes) is 10. The summed E-state index contributed by atoms with van der Waals surface area (Å²) in [6.45, 7) is 8.27. The van der Waals surface area contributed by atoms with Crippen molar-refractivity contribution in [1.29, 1.82) is 0 Å². The maximum atomic E-state index is 5.89. The van der Waals surface area contributed by atoms with Crippen LogP contribution in [0, 0.1) is 0 Å². The molecule has 2 aromatic carbocycles. The first-order valence-corrected chi connectivity index (χ1v) is 14.6. The molecule has 0 saturated heterocycles. The summed E-state index contributed by atoms with van der Waals surface area (Å²) in [5.74, 6) is 0.901. The largest absolute Gasteiger partial charge is 0.494 e. The molecule has 0 aromatic heterocycles. The lowest BCUT2D eigenvalue weighted by atomic mass is 10.1. The van der Waals surface area contributed by atoms with E-state index in [-0.39, 0.29) is 0 Å². The van der Waals surface area contributed by atoms with Crippen molar-refractivity contribution in [2.45, 2.75) is 117 Å². The third-order valence-corrected chi connectivity index (χ3v) is 6.66. The maximum Gasteiger partial charge on any atom is 0.119 e. The summed E-state index contributed by atoms with van der Waals surface area (Å²) in [5.41, 5.74) is 3.12. The van der Waals surface area contributed by atoms with Crippen LogP contribution in [0.1, 0.15) is 110 Å². The number of aryl methyl sites for hydroxylation is 1. The second-order valence-electron chi connectivity index (χ2n) is 9.94. The normalized spacial score (nSPS) is 12.3. The second kappa shape index (κ2) is 19.9. The zero-order valence-electron chi connectivity index (χ0n) is 23.2. The smallest absolute Gasteiger partial charge is 0.119 e. The van der Waals surface area contributed by atoms with Gasteiger partial charge in [-0.1, -0.05) is 83.8 Å². The van der Waals surface area contributed by atoms with Gasteiger partial charge in [0.05, 0.1) is 24.1 Å². The maximum absolute atomic E-state index is 5.89. The summed E-state index contributed by atoms with van der Waals surface area (Å²) >= 11 is 0. The lowest BCUT2D eigenvalue weighted by Gasteiger charge is -2.10. The number of ether oxygens (including phenoxy) is 2. The molecule has 0 spiro atoms. The first kappa shape index (κ1) is 30.0. The Morgan fingerprint density at radius 2 is 1.14 bits per heavy atom. The number of rotatable bonds is 21. The van der Waals surface area contributed by atoms with Crippen molar-refractivity contribution in [2.24, 2.45) is 10.2 Å². The SMILES string of the molecule is CCCCCCCc1ccc(/N=N/c2ccc(OCCCCCCCCCOC(C)CC)cc2)cc1. The summed E-state index contributed by atoms with van der Waals surface area (Å²) in [7, 11) is 0. The molecule has 0 N–H and O–H groups in total. The number of hydrogen-bond donors (Lipinski definition) is 0. The van der Waals surface area contributed by atoms with Gasteiger partial charge < -0.3 is 9.47 Å². The van der Waals surface area contributed by atoms with Gasteiger partial charge in [0, 0.05) is 6.61 Å². The molecule has 0 heterocycles. The van der Waals surface area contributed by atoms with Gasteiger partial charge in [0.1, 0.15) is 5.75 Å². The van der Waals surface area contributed by atoms with Crippen LogP contribution in [-0.4, -0.2) is 19.3 Å². The molecule has 0 amide bonds. The number of nitrogens with zero attached hydrogens (tertiary/aromatic N) is 2. The molecule has 0 aliphatic rings. The highest BCUT2D eigenvalue weighted by molar-refractivity contribution is 5.43. The third-order valence-electron chi connectivity index (χ3n) is 6.66. The van der Waals surface area contributed by atoms with Gasteiger partial charge in [-0.05, 0) is 81.0 Å². The van der Waals surface area contributed by atoms with E-state index in [4.69, 9.17) is 9.47 Å². The molecule has 1 unspecified atom stereocenters. The zero-order chi connectivity index (χ0) is 25.7. The van der Waals surface area contributed by atoms with E-state index in [9.17, 15) is 0 Å². The Labute approximate surface area is 220 Å². The zero-order valence-corrected chi connectivity index (χ0v) is 23.2. The minimum Gasteiger partial charge on any atom is -0.494 e. The summed E-state index contributed by atoms with van der Waals surface area (Å²) in [6, 6.07) is 16.4. The van der Waals surface area contributed by atoms with Gasteiger partial charge >= 0.3 is 0 Å². The van der Waals surface area contributed by atoms with Gasteiger partial charge in [-0.25, -0.2) is 0 Å². The molecule has 2 aromatic rings. The summed E-state index contributed by atoms with van der Waals surface area (Å²) in [6.07, 6.45) is 18.0. The lowest BCUT2D eigenvalue weighted by molar-refractivity contribution is 0.0608. The molecule has 0 bridgehead atoms. The molecule has 0 aliphatic carbocycles. The van der Waals surface area contributed by atoms with E-state index in [0.717, 1.165) is 49.6 Å². The molecule has 4 nitrogen and oxygen atoms in total.